The average Bonchev–Trinajstić information content (AvgIpc) is 2.97. The van der Waals surface area contributed by atoms with Crippen LogP contribution in [0.2, 0.25) is 0 Å². The van der Waals surface area contributed by atoms with Crippen molar-refractivity contribution in [1.82, 2.24) is 4.90 Å². The summed E-state index contributed by atoms with van der Waals surface area (Å²) in [6, 6.07) is 13.6. The summed E-state index contributed by atoms with van der Waals surface area (Å²) in [5.41, 5.74) is 1.95. The standard InChI is InChI=1S/C21H26N2O3S/c1-17-16-18(21(24)23-14-8-3-4-9-15-23)12-13-20(17)22(2)27(25,26)19-10-6-5-7-11-19/h5-7,10-13,16H,3-4,8-9,14-15H2,1-2H3. The first-order valence-corrected chi connectivity index (χ1v) is 10.8. The van der Waals surface area contributed by atoms with E-state index in [-0.39, 0.29) is 10.8 Å². The maximum Gasteiger partial charge on any atom is 0.264 e. The maximum atomic E-state index is 12.8. The number of carbonyl (C=O) groups is 1. The van der Waals surface area contributed by atoms with Gasteiger partial charge in [0.15, 0.2) is 0 Å². The van der Waals surface area contributed by atoms with E-state index in [0.717, 1.165) is 31.5 Å². The van der Waals surface area contributed by atoms with E-state index >= 15 is 0 Å². The van der Waals surface area contributed by atoms with Gasteiger partial charge in [-0.15, -0.1) is 0 Å². The van der Waals surface area contributed by atoms with Crippen molar-refractivity contribution in [3.63, 3.8) is 0 Å². The van der Waals surface area contributed by atoms with Crippen LogP contribution in [0.15, 0.2) is 53.4 Å². The Hall–Kier alpha value is -2.34. The molecule has 0 bridgehead atoms. The van der Waals surface area contributed by atoms with Gasteiger partial charge in [-0.05, 0) is 55.7 Å². The predicted molar refractivity (Wildman–Crippen MR) is 108 cm³/mol. The van der Waals surface area contributed by atoms with Crippen LogP contribution in [-0.4, -0.2) is 39.4 Å². The number of rotatable bonds is 4. The van der Waals surface area contributed by atoms with Crippen molar-refractivity contribution in [2.45, 2.75) is 37.5 Å². The number of likely N-dealkylation sites (tertiary alicyclic amines) is 1. The first-order chi connectivity index (χ1) is 12.9. The van der Waals surface area contributed by atoms with Crippen molar-refractivity contribution in [2.24, 2.45) is 0 Å². The highest BCUT2D eigenvalue weighted by Gasteiger charge is 2.23. The van der Waals surface area contributed by atoms with Crippen LogP contribution in [0.4, 0.5) is 5.69 Å². The second kappa shape index (κ2) is 8.13. The van der Waals surface area contributed by atoms with Gasteiger partial charge < -0.3 is 4.90 Å². The van der Waals surface area contributed by atoms with Crippen molar-refractivity contribution < 1.29 is 13.2 Å². The molecular formula is C21H26N2O3S. The van der Waals surface area contributed by atoms with Gasteiger partial charge in [0.2, 0.25) is 0 Å². The van der Waals surface area contributed by atoms with E-state index in [9.17, 15) is 13.2 Å². The van der Waals surface area contributed by atoms with E-state index in [4.69, 9.17) is 0 Å². The molecule has 1 aliphatic heterocycles. The number of anilines is 1. The molecule has 0 aliphatic carbocycles. The van der Waals surface area contributed by atoms with Gasteiger partial charge in [0.25, 0.3) is 15.9 Å². The Morgan fingerprint density at radius 1 is 0.963 bits per heavy atom. The van der Waals surface area contributed by atoms with Gasteiger partial charge in [-0.3, -0.25) is 9.10 Å². The quantitative estimate of drug-likeness (QED) is 0.802. The molecule has 0 radical (unpaired) electrons. The number of hydrogen-bond donors (Lipinski definition) is 0. The minimum absolute atomic E-state index is 0.0279. The van der Waals surface area contributed by atoms with E-state index in [1.54, 1.807) is 55.6 Å². The van der Waals surface area contributed by atoms with Gasteiger partial charge in [0, 0.05) is 25.7 Å². The third kappa shape index (κ3) is 4.16. The summed E-state index contributed by atoms with van der Waals surface area (Å²) < 4.78 is 27.0. The molecule has 1 saturated heterocycles. The third-order valence-corrected chi connectivity index (χ3v) is 6.86. The number of carbonyl (C=O) groups excluding carboxylic acids is 1. The van der Waals surface area contributed by atoms with Crippen LogP contribution < -0.4 is 4.31 Å². The van der Waals surface area contributed by atoms with E-state index in [0.29, 0.717) is 11.3 Å². The summed E-state index contributed by atoms with van der Waals surface area (Å²) in [6.45, 7) is 3.43. The average molecular weight is 387 g/mol. The normalized spacial score (nSPS) is 15.3. The zero-order valence-corrected chi connectivity index (χ0v) is 16.7. The highest BCUT2D eigenvalue weighted by atomic mass is 32.2. The fourth-order valence-electron chi connectivity index (χ4n) is 3.48. The van der Waals surface area contributed by atoms with Crippen molar-refractivity contribution in [3.05, 3.63) is 59.7 Å². The highest BCUT2D eigenvalue weighted by molar-refractivity contribution is 7.92. The Balaban J connectivity index is 1.85. The molecular weight excluding hydrogens is 360 g/mol. The Morgan fingerprint density at radius 2 is 1.59 bits per heavy atom. The maximum absolute atomic E-state index is 12.8. The molecule has 6 heteroatoms. The van der Waals surface area contributed by atoms with Crippen LogP contribution in [0.3, 0.4) is 0 Å². The Morgan fingerprint density at radius 3 is 2.19 bits per heavy atom. The van der Waals surface area contributed by atoms with Crippen molar-refractivity contribution in [1.29, 1.82) is 0 Å². The second-order valence-electron chi connectivity index (χ2n) is 6.99. The molecule has 0 spiro atoms. The zero-order valence-electron chi connectivity index (χ0n) is 15.9. The minimum atomic E-state index is -3.63. The molecule has 1 aliphatic rings. The van der Waals surface area contributed by atoms with Crippen molar-refractivity contribution in [3.8, 4) is 0 Å². The summed E-state index contributed by atoms with van der Waals surface area (Å²) in [6.07, 6.45) is 4.43. The van der Waals surface area contributed by atoms with Crippen molar-refractivity contribution in [2.75, 3.05) is 24.4 Å². The summed E-state index contributed by atoms with van der Waals surface area (Å²) in [7, 11) is -2.09. The molecule has 1 amide bonds. The van der Waals surface area contributed by atoms with E-state index < -0.39 is 10.0 Å². The molecule has 0 N–H and O–H groups in total. The lowest BCUT2D eigenvalue weighted by Crippen LogP contribution is -2.32. The molecule has 0 unspecified atom stereocenters. The van der Waals surface area contributed by atoms with Gasteiger partial charge in [0.1, 0.15) is 0 Å². The van der Waals surface area contributed by atoms with Crippen LogP contribution >= 0.6 is 0 Å². The number of amides is 1. The summed E-state index contributed by atoms with van der Waals surface area (Å²) >= 11 is 0. The molecule has 0 aromatic heterocycles. The van der Waals surface area contributed by atoms with Crippen LogP contribution in [0.1, 0.15) is 41.6 Å². The Bertz CT molecular complexity index is 902. The number of benzene rings is 2. The SMILES string of the molecule is Cc1cc(C(=O)N2CCCCCC2)ccc1N(C)S(=O)(=O)c1ccccc1. The van der Waals surface area contributed by atoms with Gasteiger partial charge in [-0.2, -0.15) is 0 Å². The van der Waals surface area contributed by atoms with E-state index in [2.05, 4.69) is 0 Å². The number of nitrogens with zero attached hydrogens (tertiary/aromatic N) is 2. The highest BCUT2D eigenvalue weighted by Crippen LogP contribution is 2.26. The van der Waals surface area contributed by atoms with Crippen LogP contribution in [0.5, 0.6) is 0 Å². The molecule has 1 heterocycles. The lowest BCUT2D eigenvalue weighted by Gasteiger charge is -2.23. The number of aryl methyl sites for hydroxylation is 1. The van der Waals surface area contributed by atoms with Crippen LogP contribution in [-0.2, 0) is 10.0 Å². The minimum Gasteiger partial charge on any atom is -0.339 e. The summed E-state index contributed by atoms with van der Waals surface area (Å²) in [5, 5.41) is 0. The summed E-state index contributed by atoms with van der Waals surface area (Å²) in [5.74, 6) is 0.0279. The largest absolute Gasteiger partial charge is 0.339 e. The lowest BCUT2D eigenvalue weighted by molar-refractivity contribution is 0.0761. The Kier molecular flexibility index (Phi) is 5.85. The first-order valence-electron chi connectivity index (χ1n) is 9.35. The Labute approximate surface area is 161 Å². The lowest BCUT2D eigenvalue weighted by atomic mass is 10.1. The summed E-state index contributed by atoms with van der Waals surface area (Å²) in [4.78, 5) is 15.0. The first kappa shape index (κ1) is 19.4. The number of hydrogen-bond acceptors (Lipinski definition) is 3. The predicted octanol–water partition coefficient (Wildman–Crippen LogP) is 3.84. The fourth-order valence-corrected chi connectivity index (χ4v) is 4.76. The molecule has 3 rings (SSSR count). The smallest absolute Gasteiger partial charge is 0.264 e. The third-order valence-electron chi connectivity index (χ3n) is 5.08. The van der Waals surface area contributed by atoms with Gasteiger partial charge in [-0.1, -0.05) is 31.0 Å². The van der Waals surface area contributed by atoms with Crippen LogP contribution in [0, 0.1) is 6.92 Å². The van der Waals surface area contributed by atoms with Crippen LogP contribution in [0.25, 0.3) is 0 Å². The van der Waals surface area contributed by atoms with E-state index in [1.807, 2.05) is 11.8 Å². The molecule has 1 fully saturated rings. The molecule has 144 valence electrons. The molecule has 5 nitrogen and oxygen atoms in total. The van der Waals surface area contributed by atoms with Crippen molar-refractivity contribution >= 4 is 21.6 Å². The molecule has 27 heavy (non-hydrogen) atoms. The van der Waals surface area contributed by atoms with Gasteiger partial charge in [-0.25, -0.2) is 8.42 Å². The van der Waals surface area contributed by atoms with Gasteiger partial charge in [0.05, 0.1) is 10.6 Å². The topological polar surface area (TPSA) is 57.7 Å². The number of sulfonamides is 1. The molecule has 0 atom stereocenters. The second-order valence-corrected chi connectivity index (χ2v) is 8.96. The zero-order chi connectivity index (χ0) is 19.4. The van der Waals surface area contributed by atoms with E-state index in [1.165, 1.54) is 17.1 Å². The molecule has 2 aromatic rings. The molecule has 2 aromatic carbocycles. The molecule has 0 saturated carbocycles. The fraction of sp³-hybridized carbons (Fsp3) is 0.381. The monoisotopic (exact) mass is 386 g/mol. The van der Waals surface area contributed by atoms with Gasteiger partial charge >= 0.3 is 0 Å².